The fraction of sp³-hybridized carbons (Fsp3) is 0.432. The Morgan fingerprint density at radius 2 is 1.81 bits per heavy atom. The Hall–Kier alpha value is -3.50. The van der Waals surface area contributed by atoms with Gasteiger partial charge in [-0.25, -0.2) is 9.37 Å². The van der Waals surface area contributed by atoms with Gasteiger partial charge >= 0.3 is 0 Å². The van der Waals surface area contributed by atoms with Gasteiger partial charge in [0.1, 0.15) is 17.2 Å². The number of carbonyl (C=O) groups excluding carboxylic acids is 2. The van der Waals surface area contributed by atoms with E-state index in [-0.39, 0.29) is 36.2 Å². The van der Waals surface area contributed by atoms with Crippen LogP contribution < -0.4 is 5.32 Å². The van der Waals surface area contributed by atoms with Gasteiger partial charge < -0.3 is 19.7 Å². The molecular formula is C37H39Cl2FN6O2. The molecule has 5 aliphatic rings. The van der Waals surface area contributed by atoms with E-state index in [2.05, 4.69) is 26.7 Å². The normalized spacial score (nSPS) is 26.7. The highest BCUT2D eigenvalue weighted by atomic mass is 35.5. The lowest BCUT2D eigenvalue weighted by Crippen LogP contribution is -2.53. The van der Waals surface area contributed by atoms with E-state index < -0.39 is 17.3 Å². The fourth-order valence-corrected chi connectivity index (χ4v) is 9.27. The van der Waals surface area contributed by atoms with Crippen LogP contribution in [0.5, 0.6) is 0 Å². The van der Waals surface area contributed by atoms with E-state index in [1.807, 2.05) is 35.2 Å². The summed E-state index contributed by atoms with van der Waals surface area (Å²) in [4.78, 5) is 40.0. The number of halogens is 3. The zero-order valence-electron chi connectivity index (χ0n) is 26.1. The number of amides is 2. The lowest BCUT2D eigenvalue weighted by Gasteiger charge is -2.40. The van der Waals surface area contributed by atoms with Crippen molar-refractivity contribution < 1.29 is 14.0 Å². The van der Waals surface area contributed by atoms with Crippen molar-refractivity contribution in [3.05, 3.63) is 93.0 Å². The van der Waals surface area contributed by atoms with Crippen molar-refractivity contribution >= 4 is 51.7 Å². The number of piperazine rings is 1. The van der Waals surface area contributed by atoms with Crippen LogP contribution in [0.1, 0.15) is 65.8 Å². The van der Waals surface area contributed by atoms with E-state index in [1.165, 1.54) is 0 Å². The molecule has 48 heavy (non-hydrogen) atoms. The summed E-state index contributed by atoms with van der Waals surface area (Å²) in [5, 5.41) is 3.71. The van der Waals surface area contributed by atoms with Crippen molar-refractivity contribution in [3.63, 3.8) is 0 Å². The van der Waals surface area contributed by atoms with E-state index in [4.69, 9.17) is 28.2 Å². The Morgan fingerprint density at radius 1 is 1.02 bits per heavy atom. The lowest BCUT2D eigenvalue weighted by molar-refractivity contribution is -0.128. The zero-order chi connectivity index (χ0) is 32.2. The average Bonchev–Trinajstić information content (AvgIpc) is 3.65. The number of nitrogens with one attached hydrogen (secondary N) is 1. The van der Waals surface area contributed by atoms with E-state index in [0.29, 0.717) is 47.4 Å². The lowest BCUT2D eigenvalue weighted by atomic mass is 9.70. The second kappa shape index (κ2) is 11.5. The molecule has 2 saturated heterocycles. The number of benzene rings is 3. The first-order valence-electron chi connectivity index (χ1n) is 16.6. The largest absolute Gasteiger partial charge is 0.336 e. The van der Waals surface area contributed by atoms with Crippen molar-refractivity contribution in [2.45, 2.75) is 56.7 Å². The number of carbonyl (C=O) groups is 2. The van der Waals surface area contributed by atoms with Gasteiger partial charge in [0.15, 0.2) is 0 Å². The van der Waals surface area contributed by atoms with Gasteiger partial charge in [0.2, 0.25) is 5.91 Å². The van der Waals surface area contributed by atoms with E-state index in [9.17, 15) is 9.59 Å². The first-order chi connectivity index (χ1) is 22.8. The maximum atomic E-state index is 16.4. The van der Waals surface area contributed by atoms with Crippen molar-refractivity contribution in [3.8, 4) is 0 Å². The van der Waals surface area contributed by atoms with Crippen molar-refractivity contribution in [1.82, 2.24) is 24.3 Å². The van der Waals surface area contributed by atoms with E-state index >= 15 is 4.39 Å². The summed E-state index contributed by atoms with van der Waals surface area (Å²) in [5.41, 5.74) is 3.00. The van der Waals surface area contributed by atoms with Crippen LogP contribution in [0.4, 0.5) is 10.1 Å². The molecule has 4 atom stereocenters. The molecule has 0 radical (unpaired) electrons. The third kappa shape index (κ3) is 4.57. The molecule has 2 amide bonds. The van der Waals surface area contributed by atoms with Crippen LogP contribution in [0.25, 0.3) is 11.0 Å². The highest BCUT2D eigenvalue weighted by Gasteiger charge is 2.69. The maximum Gasteiger partial charge on any atom is 0.254 e. The molecule has 1 aromatic heterocycles. The van der Waals surface area contributed by atoms with Gasteiger partial charge in [-0.15, -0.1) is 0 Å². The van der Waals surface area contributed by atoms with Crippen molar-refractivity contribution in [2.75, 3.05) is 45.1 Å². The van der Waals surface area contributed by atoms with Crippen LogP contribution in [-0.2, 0) is 16.9 Å². The second-order valence-corrected chi connectivity index (χ2v) is 14.8. The molecule has 0 unspecified atom stereocenters. The molecule has 4 aromatic rings. The van der Waals surface area contributed by atoms with Crippen LogP contribution in [0.2, 0.25) is 10.0 Å². The number of likely N-dealkylation sites (N-methyl/N-ethyl adjacent to an activating group) is 1. The molecule has 9 rings (SSSR count). The van der Waals surface area contributed by atoms with Crippen molar-refractivity contribution in [2.24, 2.45) is 5.92 Å². The fourth-order valence-electron chi connectivity index (χ4n) is 8.92. The van der Waals surface area contributed by atoms with Gasteiger partial charge in [-0.2, -0.15) is 0 Å². The molecule has 0 bridgehead atoms. The van der Waals surface area contributed by atoms with Gasteiger partial charge in [0.05, 0.1) is 16.1 Å². The van der Waals surface area contributed by atoms with Crippen LogP contribution in [0.15, 0.2) is 54.6 Å². The molecule has 1 aliphatic carbocycles. The summed E-state index contributed by atoms with van der Waals surface area (Å²) in [7, 11) is 2.07. The molecule has 250 valence electrons. The molecule has 8 nitrogen and oxygen atoms in total. The van der Waals surface area contributed by atoms with Gasteiger partial charge in [-0.1, -0.05) is 48.8 Å². The molecule has 11 heteroatoms. The number of aromatic nitrogens is 2. The number of hydrogen-bond acceptors (Lipinski definition) is 5. The maximum absolute atomic E-state index is 16.4. The standard InChI is InChI=1S/C36H35Cl2FN6O2.CH4/c1-42-13-15-43(16-14-42)34(46)21-7-10-28-27(17-21)40-33-30-29(11-12-44(28)33)45(19-20-5-6-20)36(31(30)23-3-2-4-25(38)32(23)39)24-9-8-22(37)18-26(24)41-35(36)47;/h2-4,7-10,17-18,20,29-31H,5-6,11-16,19H2,1H3,(H,41,47);1H4/t29-,30+,31-,36+;/m0./s1. The minimum Gasteiger partial charge on any atom is -0.336 e. The van der Waals surface area contributed by atoms with E-state index in [1.54, 1.807) is 24.3 Å². The minimum absolute atomic E-state index is 0. The molecule has 1 N–H and O–H groups in total. The van der Waals surface area contributed by atoms with Gasteiger partial charge in [0.25, 0.3) is 5.91 Å². The van der Waals surface area contributed by atoms with Crippen LogP contribution in [0.3, 0.4) is 0 Å². The summed E-state index contributed by atoms with van der Waals surface area (Å²) in [5.74, 6) is -0.301. The van der Waals surface area contributed by atoms with Crippen LogP contribution in [-0.4, -0.2) is 81.9 Å². The number of aryl methyl sites for hydroxylation is 1. The van der Waals surface area contributed by atoms with Crippen molar-refractivity contribution in [1.29, 1.82) is 0 Å². The highest BCUT2D eigenvalue weighted by molar-refractivity contribution is 6.31. The van der Waals surface area contributed by atoms with Gasteiger partial charge in [-0.05, 0) is 74.2 Å². The van der Waals surface area contributed by atoms with E-state index in [0.717, 1.165) is 61.3 Å². The Bertz CT molecular complexity index is 1970. The number of likely N-dealkylation sites (tertiary alicyclic amines) is 1. The zero-order valence-corrected chi connectivity index (χ0v) is 27.6. The number of imidazole rings is 1. The Kier molecular flexibility index (Phi) is 7.64. The first-order valence-corrected chi connectivity index (χ1v) is 17.3. The molecule has 4 aliphatic heterocycles. The Labute approximate surface area is 289 Å². The third-order valence-electron chi connectivity index (χ3n) is 11.3. The number of rotatable bonds is 4. The smallest absolute Gasteiger partial charge is 0.254 e. The topological polar surface area (TPSA) is 73.7 Å². The SMILES string of the molecule is C.CN1CCN(C(=O)c2ccc3c(c2)nc2n3CC[C@H]3[C@@H]2[C@H](c2cccc(Cl)c2F)[C@]2(C(=O)Nc4cc(Cl)ccc42)N3CC2CC2)CC1. The highest BCUT2D eigenvalue weighted by Crippen LogP contribution is 2.64. The molecule has 5 heterocycles. The van der Waals surface area contributed by atoms with Gasteiger partial charge in [0, 0.05) is 79.0 Å². The first kappa shape index (κ1) is 31.7. The third-order valence-corrected chi connectivity index (χ3v) is 11.8. The second-order valence-electron chi connectivity index (χ2n) is 13.9. The monoisotopic (exact) mass is 688 g/mol. The molecule has 3 fully saturated rings. The summed E-state index contributed by atoms with van der Waals surface area (Å²) in [6, 6.07) is 16.4. The Morgan fingerprint density at radius 3 is 2.58 bits per heavy atom. The number of anilines is 1. The average molecular weight is 690 g/mol. The summed E-state index contributed by atoms with van der Waals surface area (Å²) in [6.07, 6.45) is 2.99. The quantitative estimate of drug-likeness (QED) is 0.258. The van der Waals surface area contributed by atoms with Crippen LogP contribution >= 0.6 is 23.2 Å². The molecular weight excluding hydrogens is 650 g/mol. The number of hydrogen-bond donors (Lipinski definition) is 1. The van der Waals surface area contributed by atoms with Gasteiger partial charge in [-0.3, -0.25) is 14.5 Å². The molecule has 3 aromatic carbocycles. The Balaban J connectivity index is 0.00000336. The minimum atomic E-state index is -1.18. The molecule has 1 saturated carbocycles. The van der Waals surface area contributed by atoms with Crippen LogP contribution in [0, 0.1) is 11.7 Å². The summed E-state index contributed by atoms with van der Waals surface area (Å²) < 4.78 is 18.6. The predicted octanol–water partition coefficient (Wildman–Crippen LogP) is 6.72. The molecule has 1 spiro atoms. The summed E-state index contributed by atoms with van der Waals surface area (Å²) >= 11 is 12.9. The predicted molar refractivity (Wildman–Crippen MR) is 186 cm³/mol. The number of nitrogens with zero attached hydrogens (tertiary/aromatic N) is 5. The number of fused-ring (bicyclic) bond motifs is 7. The summed E-state index contributed by atoms with van der Waals surface area (Å²) in [6.45, 7) is 4.52.